The molecule has 0 spiro atoms. The number of rotatable bonds is 6. The van der Waals surface area contributed by atoms with Crippen LogP contribution in [0.2, 0.25) is 0 Å². The van der Waals surface area contributed by atoms with Gasteiger partial charge >= 0.3 is 0 Å². The molecule has 1 unspecified atom stereocenters. The Hall–Kier alpha value is -1.89. The molecule has 7 heteroatoms. The van der Waals surface area contributed by atoms with Crippen molar-refractivity contribution >= 4 is 21.8 Å². The molecule has 1 fully saturated rings. The van der Waals surface area contributed by atoms with Gasteiger partial charge in [-0.1, -0.05) is 37.3 Å². The third kappa shape index (κ3) is 4.54. The number of carbonyl (C=O) groups excluding carboxylic acids is 2. The standard InChI is InChI=1S/C16H22N2O4S/c1-2-12-23(21,22)17-16(20)15(13-8-4-3-5-9-13)18-11-7-6-10-14(18)19/h3-5,8-9,15H,2,6-7,10-12H2,1H3,(H,17,20). The third-order valence-corrected chi connectivity index (χ3v) is 5.22. The Balaban J connectivity index is 2.30. The normalized spacial score (nSPS) is 16.9. The first kappa shape index (κ1) is 17.5. The van der Waals surface area contributed by atoms with E-state index in [2.05, 4.69) is 4.72 Å². The van der Waals surface area contributed by atoms with E-state index < -0.39 is 22.0 Å². The number of nitrogens with one attached hydrogen (secondary N) is 1. The van der Waals surface area contributed by atoms with E-state index in [9.17, 15) is 18.0 Å². The first-order chi connectivity index (χ1) is 10.9. The molecule has 2 amide bonds. The summed E-state index contributed by atoms with van der Waals surface area (Å²) in [6.07, 6.45) is 2.41. The Morgan fingerprint density at radius 2 is 1.96 bits per heavy atom. The molecule has 2 rings (SSSR count). The van der Waals surface area contributed by atoms with Crippen LogP contribution in [0.3, 0.4) is 0 Å². The van der Waals surface area contributed by atoms with Gasteiger partial charge in [0.15, 0.2) is 0 Å². The van der Waals surface area contributed by atoms with Crippen LogP contribution in [0.1, 0.15) is 44.2 Å². The van der Waals surface area contributed by atoms with Gasteiger partial charge < -0.3 is 4.90 Å². The average molecular weight is 338 g/mol. The van der Waals surface area contributed by atoms with Crippen molar-refractivity contribution in [3.8, 4) is 0 Å². The van der Waals surface area contributed by atoms with Crippen molar-refractivity contribution in [1.29, 1.82) is 0 Å². The summed E-state index contributed by atoms with van der Waals surface area (Å²) in [6, 6.07) is 7.91. The number of hydrogen-bond donors (Lipinski definition) is 1. The van der Waals surface area contributed by atoms with Crippen LogP contribution in [0.25, 0.3) is 0 Å². The molecule has 1 aromatic rings. The summed E-state index contributed by atoms with van der Waals surface area (Å²) in [5.74, 6) is -0.901. The molecular weight excluding hydrogens is 316 g/mol. The molecule has 1 heterocycles. The van der Waals surface area contributed by atoms with Crippen molar-refractivity contribution < 1.29 is 18.0 Å². The van der Waals surface area contributed by atoms with E-state index in [1.54, 1.807) is 31.2 Å². The van der Waals surface area contributed by atoms with Crippen LogP contribution < -0.4 is 4.72 Å². The second-order valence-corrected chi connectivity index (χ2v) is 7.48. The predicted molar refractivity (Wildman–Crippen MR) is 87.0 cm³/mol. The zero-order valence-corrected chi connectivity index (χ0v) is 14.0. The molecular formula is C16H22N2O4S. The largest absolute Gasteiger partial charge is 0.327 e. The van der Waals surface area contributed by atoms with Gasteiger partial charge in [-0.25, -0.2) is 8.42 Å². The lowest BCUT2D eigenvalue weighted by atomic mass is 10.0. The summed E-state index contributed by atoms with van der Waals surface area (Å²) in [5.41, 5.74) is 0.618. The zero-order valence-electron chi connectivity index (χ0n) is 13.2. The van der Waals surface area contributed by atoms with E-state index in [1.165, 1.54) is 4.90 Å². The highest BCUT2D eigenvalue weighted by Gasteiger charge is 2.34. The molecule has 0 radical (unpaired) electrons. The Kier molecular flexibility index (Phi) is 5.76. The molecule has 0 saturated carbocycles. The van der Waals surface area contributed by atoms with E-state index in [4.69, 9.17) is 0 Å². The van der Waals surface area contributed by atoms with Crippen molar-refractivity contribution in [2.45, 2.75) is 38.6 Å². The number of piperidine rings is 1. The van der Waals surface area contributed by atoms with Crippen LogP contribution in [-0.2, 0) is 19.6 Å². The fourth-order valence-corrected chi connectivity index (χ4v) is 3.79. The van der Waals surface area contributed by atoms with Crippen LogP contribution in [0.5, 0.6) is 0 Å². The van der Waals surface area contributed by atoms with Gasteiger partial charge in [0.05, 0.1) is 5.75 Å². The number of sulfonamides is 1. The highest BCUT2D eigenvalue weighted by Crippen LogP contribution is 2.26. The fourth-order valence-electron chi connectivity index (χ4n) is 2.74. The van der Waals surface area contributed by atoms with Gasteiger partial charge in [-0.15, -0.1) is 0 Å². The Morgan fingerprint density at radius 3 is 2.57 bits per heavy atom. The van der Waals surface area contributed by atoms with Crippen molar-refractivity contribution in [3.05, 3.63) is 35.9 Å². The minimum atomic E-state index is -3.68. The highest BCUT2D eigenvalue weighted by atomic mass is 32.2. The van der Waals surface area contributed by atoms with Gasteiger partial charge in [-0.2, -0.15) is 0 Å². The molecule has 0 aromatic heterocycles. The van der Waals surface area contributed by atoms with Crippen LogP contribution in [-0.4, -0.2) is 37.4 Å². The van der Waals surface area contributed by atoms with Crippen LogP contribution in [0, 0.1) is 0 Å². The number of amides is 2. The fraction of sp³-hybridized carbons (Fsp3) is 0.500. The molecule has 1 aromatic carbocycles. The molecule has 1 saturated heterocycles. The van der Waals surface area contributed by atoms with Crippen LogP contribution >= 0.6 is 0 Å². The minimum Gasteiger partial charge on any atom is -0.327 e. The molecule has 1 N–H and O–H groups in total. The number of carbonyl (C=O) groups is 2. The second-order valence-electron chi connectivity index (χ2n) is 5.64. The average Bonchev–Trinajstić information content (AvgIpc) is 2.50. The predicted octanol–water partition coefficient (Wildman–Crippen LogP) is 1.60. The molecule has 0 bridgehead atoms. The summed E-state index contributed by atoms with van der Waals surface area (Å²) in [7, 11) is -3.68. The monoisotopic (exact) mass is 338 g/mol. The Labute approximate surface area is 136 Å². The maximum Gasteiger partial charge on any atom is 0.260 e. The molecule has 1 aliphatic heterocycles. The van der Waals surface area contributed by atoms with Gasteiger partial charge in [0.1, 0.15) is 6.04 Å². The van der Waals surface area contributed by atoms with Crippen molar-refractivity contribution in [3.63, 3.8) is 0 Å². The molecule has 23 heavy (non-hydrogen) atoms. The maximum atomic E-state index is 12.6. The lowest BCUT2D eigenvalue weighted by molar-refractivity contribution is -0.142. The lowest BCUT2D eigenvalue weighted by Crippen LogP contribution is -2.47. The van der Waals surface area contributed by atoms with Crippen molar-refractivity contribution in [2.24, 2.45) is 0 Å². The number of nitrogens with zero attached hydrogens (tertiary/aromatic N) is 1. The minimum absolute atomic E-state index is 0.117. The third-order valence-electron chi connectivity index (χ3n) is 3.76. The van der Waals surface area contributed by atoms with E-state index in [0.29, 0.717) is 24.9 Å². The molecule has 126 valence electrons. The van der Waals surface area contributed by atoms with Crippen LogP contribution in [0.15, 0.2) is 30.3 Å². The van der Waals surface area contributed by atoms with Gasteiger partial charge in [0.2, 0.25) is 15.9 Å². The van der Waals surface area contributed by atoms with Gasteiger partial charge in [0.25, 0.3) is 5.91 Å². The second kappa shape index (κ2) is 7.59. The maximum absolute atomic E-state index is 12.6. The topological polar surface area (TPSA) is 83.6 Å². The molecule has 1 atom stereocenters. The van der Waals surface area contributed by atoms with E-state index in [0.717, 1.165) is 12.8 Å². The summed E-state index contributed by atoms with van der Waals surface area (Å²) >= 11 is 0. The SMILES string of the molecule is CCCS(=O)(=O)NC(=O)C(c1ccccc1)N1CCCCC1=O. The Bertz CT molecular complexity index is 658. The number of hydrogen-bond acceptors (Lipinski definition) is 4. The molecule has 0 aliphatic carbocycles. The lowest BCUT2D eigenvalue weighted by Gasteiger charge is -2.33. The summed E-state index contributed by atoms with van der Waals surface area (Å²) in [6.45, 7) is 2.19. The number of benzene rings is 1. The van der Waals surface area contributed by atoms with Crippen molar-refractivity contribution in [2.75, 3.05) is 12.3 Å². The van der Waals surface area contributed by atoms with Gasteiger partial charge in [0, 0.05) is 13.0 Å². The van der Waals surface area contributed by atoms with Gasteiger partial charge in [-0.3, -0.25) is 14.3 Å². The molecule has 6 nitrogen and oxygen atoms in total. The van der Waals surface area contributed by atoms with Gasteiger partial charge in [-0.05, 0) is 24.8 Å². The van der Waals surface area contributed by atoms with E-state index in [1.807, 2.05) is 6.07 Å². The van der Waals surface area contributed by atoms with E-state index in [-0.39, 0.29) is 11.7 Å². The quantitative estimate of drug-likeness (QED) is 0.854. The smallest absolute Gasteiger partial charge is 0.260 e. The number of likely N-dealkylation sites (tertiary alicyclic amines) is 1. The zero-order chi connectivity index (χ0) is 16.9. The Morgan fingerprint density at radius 1 is 1.26 bits per heavy atom. The van der Waals surface area contributed by atoms with Crippen molar-refractivity contribution in [1.82, 2.24) is 9.62 Å². The molecule has 1 aliphatic rings. The van der Waals surface area contributed by atoms with Crippen LogP contribution in [0.4, 0.5) is 0 Å². The summed E-state index contributed by atoms with van der Waals surface area (Å²) in [4.78, 5) is 26.3. The van der Waals surface area contributed by atoms with E-state index >= 15 is 0 Å². The highest BCUT2D eigenvalue weighted by molar-refractivity contribution is 7.90. The first-order valence-corrected chi connectivity index (χ1v) is 9.48. The summed E-state index contributed by atoms with van der Waals surface area (Å²) < 4.78 is 25.9. The summed E-state index contributed by atoms with van der Waals surface area (Å²) in [5, 5.41) is 0. The first-order valence-electron chi connectivity index (χ1n) is 7.83.